The van der Waals surface area contributed by atoms with Crippen LogP contribution in [0.25, 0.3) is 0 Å². The number of hydrogen-bond acceptors (Lipinski definition) is 7. The molecule has 3 N–H and O–H groups in total. The largest absolute Gasteiger partial charge is 0.508 e. The molecule has 3 rings (SSSR count). The van der Waals surface area contributed by atoms with Crippen molar-refractivity contribution in [2.24, 2.45) is 5.10 Å². The molecule has 1 aliphatic rings. The van der Waals surface area contributed by atoms with E-state index in [9.17, 15) is 18.6 Å². The van der Waals surface area contributed by atoms with E-state index in [4.69, 9.17) is 0 Å². The minimum atomic E-state index is -3.52. The van der Waals surface area contributed by atoms with Gasteiger partial charge in [-0.25, -0.2) is 13.4 Å². The average molecular weight is 390 g/mol. The summed E-state index contributed by atoms with van der Waals surface area (Å²) in [6.45, 7) is 2.75. The minimum absolute atomic E-state index is 0.00761. The predicted molar refractivity (Wildman–Crippen MR) is 102 cm³/mol. The van der Waals surface area contributed by atoms with Crippen molar-refractivity contribution in [3.8, 4) is 11.5 Å². The van der Waals surface area contributed by atoms with Crippen molar-refractivity contribution in [3.05, 3.63) is 42.1 Å². The summed E-state index contributed by atoms with van der Waals surface area (Å²) < 4.78 is 26.7. The first-order chi connectivity index (χ1) is 12.9. The number of nitrogens with one attached hydrogen (secondary N) is 1. The molecular weight excluding hydrogens is 368 g/mol. The molecule has 1 aromatic heterocycles. The van der Waals surface area contributed by atoms with Crippen LogP contribution >= 0.6 is 0 Å². The number of hydrazone groups is 1. The van der Waals surface area contributed by atoms with Gasteiger partial charge in [-0.3, -0.25) is 5.43 Å². The van der Waals surface area contributed by atoms with Crippen LogP contribution in [0.3, 0.4) is 0 Å². The van der Waals surface area contributed by atoms with Crippen molar-refractivity contribution in [2.45, 2.75) is 31.1 Å². The highest BCUT2D eigenvalue weighted by molar-refractivity contribution is 7.89. The van der Waals surface area contributed by atoms with Crippen LogP contribution in [0.4, 0.5) is 5.82 Å². The third-order valence-electron chi connectivity index (χ3n) is 4.40. The number of sulfonamides is 1. The molecule has 0 unspecified atom stereocenters. The Labute approximate surface area is 158 Å². The summed E-state index contributed by atoms with van der Waals surface area (Å²) in [5.41, 5.74) is 3.54. The summed E-state index contributed by atoms with van der Waals surface area (Å²) in [6.07, 6.45) is 4.12. The van der Waals surface area contributed by atoms with Crippen molar-refractivity contribution in [1.29, 1.82) is 0 Å². The van der Waals surface area contributed by atoms with Crippen molar-refractivity contribution in [2.75, 3.05) is 18.5 Å². The maximum Gasteiger partial charge on any atom is 0.244 e. The number of aromatic nitrogens is 1. The zero-order chi connectivity index (χ0) is 19.4. The number of anilines is 1. The Balaban J connectivity index is 1.73. The molecule has 2 aromatic rings. The van der Waals surface area contributed by atoms with E-state index in [1.807, 2.05) is 0 Å². The zero-order valence-electron chi connectivity index (χ0n) is 15.0. The van der Waals surface area contributed by atoms with Crippen molar-refractivity contribution < 1.29 is 18.6 Å². The highest BCUT2D eigenvalue weighted by atomic mass is 32.2. The summed E-state index contributed by atoms with van der Waals surface area (Å²) in [5.74, 6) is 0.376. The van der Waals surface area contributed by atoms with E-state index in [2.05, 4.69) is 15.5 Å². The van der Waals surface area contributed by atoms with Crippen LogP contribution in [0, 0.1) is 0 Å². The van der Waals surface area contributed by atoms with Gasteiger partial charge in [0.2, 0.25) is 10.0 Å². The van der Waals surface area contributed by atoms with Crippen molar-refractivity contribution in [3.63, 3.8) is 0 Å². The standard InChI is InChI=1S/C18H22N4O4S/c1-13(16-11-14(23)5-7-17(16)24)20-21-18-8-6-15(12-19-18)27(25,26)22-9-3-2-4-10-22/h5-8,11-12,23-24H,2-4,9-10H2,1H3,(H,19,21)/b20-13+. The lowest BCUT2D eigenvalue weighted by atomic mass is 10.1. The molecule has 0 aliphatic carbocycles. The van der Waals surface area contributed by atoms with E-state index in [1.165, 1.54) is 40.8 Å². The van der Waals surface area contributed by atoms with Crippen LogP contribution in [-0.2, 0) is 10.0 Å². The van der Waals surface area contributed by atoms with Gasteiger partial charge in [-0.1, -0.05) is 6.42 Å². The van der Waals surface area contributed by atoms with Gasteiger partial charge >= 0.3 is 0 Å². The maximum absolute atomic E-state index is 12.6. The maximum atomic E-state index is 12.6. The third kappa shape index (κ3) is 4.37. The molecule has 0 atom stereocenters. The van der Waals surface area contributed by atoms with E-state index >= 15 is 0 Å². The molecule has 9 heteroatoms. The quantitative estimate of drug-likeness (QED) is 0.410. The molecule has 1 fully saturated rings. The fourth-order valence-electron chi connectivity index (χ4n) is 2.87. The van der Waals surface area contributed by atoms with Crippen molar-refractivity contribution in [1.82, 2.24) is 9.29 Å². The smallest absolute Gasteiger partial charge is 0.244 e. The van der Waals surface area contributed by atoms with Crippen LogP contribution in [0.1, 0.15) is 31.7 Å². The van der Waals surface area contributed by atoms with Crippen LogP contribution in [-0.4, -0.2) is 46.7 Å². The molecule has 0 radical (unpaired) electrons. The number of phenols is 2. The van der Waals surface area contributed by atoms with E-state index in [1.54, 1.807) is 6.92 Å². The molecule has 2 heterocycles. The molecule has 0 saturated carbocycles. The number of benzene rings is 1. The first-order valence-corrected chi connectivity index (χ1v) is 10.1. The number of aromatic hydroxyl groups is 2. The number of pyridine rings is 1. The Morgan fingerprint density at radius 3 is 2.56 bits per heavy atom. The van der Waals surface area contributed by atoms with E-state index in [0.717, 1.165) is 19.3 Å². The Morgan fingerprint density at radius 2 is 1.89 bits per heavy atom. The normalized spacial score (nSPS) is 16.3. The lowest BCUT2D eigenvalue weighted by Gasteiger charge is -2.25. The molecule has 1 aliphatic heterocycles. The highest BCUT2D eigenvalue weighted by Gasteiger charge is 2.26. The van der Waals surface area contributed by atoms with E-state index in [-0.39, 0.29) is 16.4 Å². The van der Waals surface area contributed by atoms with E-state index < -0.39 is 10.0 Å². The molecule has 8 nitrogen and oxygen atoms in total. The summed E-state index contributed by atoms with van der Waals surface area (Å²) in [5, 5.41) is 23.5. The number of hydrogen-bond donors (Lipinski definition) is 3. The summed E-state index contributed by atoms with van der Waals surface area (Å²) in [7, 11) is -3.52. The fourth-order valence-corrected chi connectivity index (χ4v) is 4.33. The number of phenolic OH excluding ortho intramolecular Hbond substituents is 2. The molecule has 144 valence electrons. The molecular formula is C18H22N4O4S. The average Bonchev–Trinajstić information content (AvgIpc) is 2.69. The van der Waals surface area contributed by atoms with Crippen LogP contribution in [0.2, 0.25) is 0 Å². The fraction of sp³-hybridized carbons (Fsp3) is 0.333. The first kappa shape index (κ1) is 19.1. The molecule has 0 amide bonds. The Hall–Kier alpha value is -2.65. The van der Waals surface area contributed by atoms with Crippen molar-refractivity contribution >= 4 is 21.6 Å². The number of rotatable bonds is 5. The minimum Gasteiger partial charge on any atom is -0.508 e. The van der Waals surface area contributed by atoms with Gasteiger partial charge in [-0.15, -0.1) is 0 Å². The van der Waals surface area contributed by atoms with Gasteiger partial charge in [0.05, 0.1) is 5.71 Å². The SMILES string of the molecule is C/C(=N\Nc1ccc(S(=O)(=O)N2CCCCC2)cn1)c1cc(O)ccc1O. The molecule has 27 heavy (non-hydrogen) atoms. The second kappa shape index (κ2) is 7.93. The molecule has 0 bridgehead atoms. The second-order valence-electron chi connectivity index (χ2n) is 6.35. The zero-order valence-corrected chi connectivity index (χ0v) is 15.8. The predicted octanol–water partition coefficient (Wildman–Crippen LogP) is 2.50. The Kier molecular flexibility index (Phi) is 5.62. The van der Waals surface area contributed by atoms with Gasteiger partial charge in [-0.05, 0) is 50.1 Å². The number of piperidine rings is 1. The van der Waals surface area contributed by atoms with Gasteiger partial charge in [0.25, 0.3) is 0 Å². The molecule has 1 saturated heterocycles. The number of nitrogens with zero attached hydrogens (tertiary/aromatic N) is 3. The summed E-state index contributed by atoms with van der Waals surface area (Å²) in [4.78, 5) is 4.26. The third-order valence-corrected chi connectivity index (χ3v) is 6.28. The lowest BCUT2D eigenvalue weighted by molar-refractivity contribution is 0.346. The van der Waals surface area contributed by atoms with E-state index in [0.29, 0.717) is 30.2 Å². The highest BCUT2D eigenvalue weighted by Crippen LogP contribution is 2.23. The second-order valence-corrected chi connectivity index (χ2v) is 8.29. The topological polar surface area (TPSA) is 115 Å². The van der Waals surface area contributed by atoms with Gasteiger partial charge in [-0.2, -0.15) is 9.41 Å². The first-order valence-electron chi connectivity index (χ1n) is 8.67. The van der Waals surface area contributed by atoms with Crippen LogP contribution in [0.5, 0.6) is 11.5 Å². The monoisotopic (exact) mass is 390 g/mol. The van der Waals surface area contributed by atoms with Crippen LogP contribution < -0.4 is 5.43 Å². The molecule has 0 spiro atoms. The summed E-state index contributed by atoms with van der Waals surface area (Å²) in [6, 6.07) is 7.19. The Morgan fingerprint density at radius 1 is 1.15 bits per heavy atom. The van der Waals surface area contributed by atoms with Crippen LogP contribution in [0.15, 0.2) is 46.5 Å². The van der Waals surface area contributed by atoms with Gasteiger partial charge in [0.15, 0.2) is 0 Å². The molecule has 1 aromatic carbocycles. The van der Waals surface area contributed by atoms with Gasteiger partial charge in [0.1, 0.15) is 22.2 Å². The lowest BCUT2D eigenvalue weighted by Crippen LogP contribution is -2.35. The van der Waals surface area contributed by atoms with Gasteiger partial charge < -0.3 is 10.2 Å². The summed E-state index contributed by atoms with van der Waals surface area (Å²) >= 11 is 0. The van der Waals surface area contributed by atoms with Gasteiger partial charge in [0, 0.05) is 24.8 Å². The Bertz CT molecular complexity index is 936.